The highest BCUT2D eigenvalue weighted by Crippen LogP contribution is 2.16. The number of nitrogens with one attached hydrogen (secondary N) is 1. The Morgan fingerprint density at radius 2 is 2.33 bits per heavy atom. The number of amides is 1. The highest BCUT2D eigenvalue weighted by Gasteiger charge is 2.04. The van der Waals surface area contributed by atoms with Crippen molar-refractivity contribution in [3.63, 3.8) is 0 Å². The smallest absolute Gasteiger partial charge is 0.230 e. The summed E-state index contributed by atoms with van der Waals surface area (Å²) < 4.78 is 0.943. The molecule has 0 aliphatic rings. The topological polar surface area (TPSA) is 42.0 Å². The lowest BCUT2D eigenvalue weighted by molar-refractivity contribution is -0.119. The largest absolute Gasteiger partial charge is 0.353 e. The number of halogens is 1. The van der Waals surface area contributed by atoms with Crippen LogP contribution in [0.3, 0.4) is 0 Å². The third-order valence-electron chi connectivity index (χ3n) is 1.50. The van der Waals surface area contributed by atoms with Gasteiger partial charge in [0.1, 0.15) is 0 Å². The average Bonchev–Trinajstić information content (AvgIpc) is 2.16. The van der Waals surface area contributed by atoms with Crippen LogP contribution in [-0.4, -0.2) is 22.7 Å². The van der Waals surface area contributed by atoms with Gasteiger partial charge >= 0.3 is 0 Å². The maximum absolute atomic E-state index is 11.3. The van der Waals surface area contributed by atoms with Crippen LogP contribution >= 0.6 is 27.7 Å². The summed E-state index contributed by atoms with van der Waals surface area (Å²) in [7, 11) is 0. The van der Waals surface area contributed by atoms with Gasteiger partial charge in [0.15, 0.2) is 0 Å². The highest BCUT2D eigenvalue weighted by atomic mass is 79.9. The summed E-state index contributed by atoms with van der Waals surface area (Å²) in [6, 6.07) is 3.99. The minimum atomic E-state index is 0.0414. The molecule has 0 bridgehead atoms. The molecule has 3 nitrogen and oxygen atoms in total. The van der Waals surface area contributed by atoms with E-state index >= 15 is 0 Å². The molecule has 1 aromatic heterocycles. The lowest BCUT2D eigenvalue weighted by Gasteiger charge is -2.07. The van der Waals surface area contributed by atoms with Crippen molar-refractivity contribution in [2.24, 2.45) is 0 Å². The van der Waals surface area contributed by atoms with Gasteiger partial charge in [0, 0.05) is 16.7 Å². The quantitative estimate of drug-likeness (QED) is 0.866. The summed E-state index contributed by atoms with van der Waals surface area (Å²) in [5, 5.41) is 3.69. The van der Waals surface area contributed by atoms with Crippen molar-refractivity contribution in [1.29, 1.82) is 0 Å². The number of nitrogens with zero attached hydrogens (tertiary/aromatic N) is 1. The Hall–Kier alpha value is -0.550. The Bertz CT molecular complexity index is 327. The lowest BCUT2D eigenvalue weighted by atomic mass is 10.4. The summed E-state index contributed by atoms with van der Waals surface area (Å²) >= 11 is 4.74. The number of pyridine rings is 1. The molecular weight excluding hydrogens is 276 g/mol. The maximum atomic E-state index is 11.3. The van der Waals surface area contributed by atoms with Crippen LogP contribution in [0.5, 0.6) is 0 Å². The monoisotopic (exact) mass is 288 g/mol. The van der Waals surface area contributed by atoms with Crippen molar-refractivity contribution in [3.8, 4) is 0 Å². The molecule has 0 aliphatic heterocycles. The van der Waals surface area contributed by atoms with Gasteiger partial charge in [-0.2, -0.15) is 0 Å². The minimum absolute atomic E-state index is 0.0414. The molecule has 0 atom stereocenters. The zero-order valence-corrected chi connectivity index (χ0v) is 11.1. The summed E-state index contributed by atoms with van der Waals surface area (Å²) in [6.45, 7) is 3.89. The highest BCUT2D eigenvalue weighted by molar-refractivity contribution is 9.10. The Kier molecular flexibility index (Phi) is 5.11. The Morgan fingerprint density at radius 1 is 1.60 bits per heavy atom. The van der Waals surface area contributed by atoms with E-state index < -0.39 is 0 Å². The number of carbonyl (C=O) groups excluding carboxylic acids is 1. The number of thioether (sulfide) groups is 1. The Balaban J connectivity index is 2.37. The van der Waals surface area contributed by atoms with E-state index in [-0.39, 0.29) is 11.9 Å². The molecule has 0 fully saturated rings. The summed E-state index contributed by atoms with van der Waals surface area (Å²) in [5.41, 5.74) is 0. The molecule has 1 N–H and O–H groups in total. The third-order valence-corrected chi connectivity index (χ3v) is 2.91. The van der Waals surface area contributed by atoms with Gasteiger partial charge in [0.25, 0.3) is 0 Å². The molecule has 1 heterocycles. The van der Waals surface area contributed by atoms with Crippen LogP contribution < -0.4 is 5.32 Å². The zero-order chi connectivity index (χ0) is 11.3. The summed E-state index contributed by atoms with van der Waals surface area (Å²) in [6.07, 6.45) is 1.72. The second kappa shape index (κ2) is 6.12. The summed E-state index contributed by atoms with van der Waals surface area (Å²) in [4.78, 5) is 15.5. The van der Waals surface area contributed by atoms with E-state index in [1.165, 1.54) is 11.8 Å². The van der Waals surface area contributed by atoms with E-state index in [1.54, 1.807) is 6.20 Å². The van der Waals surface area contributed by atoms with Crippen molar-refractivity contribution in [1.82, 2.24) is 10.3 Å². The summed E-state index contributed by atoms with van der Waals surface area (Å²) in [5.74, 6) is 0.451. The first-order chi connectivity index (χ1) is 7.08. The molecule has 0 aliphatic carbocycles. The standard InChI is InChI=1S/C10H13BrN2OS/c1-7(2)13-9(14)6-15-10-4-3-8(11)5-12-10/h3-5,7H,6H2,1-2H3,(H,13,14). The van der Waals surface area contributed by atoms with E-state index in [2.05, 4.69) is 26.2 Å². The Morgan fingerprint density at radius 3 is 2.87 bits per heavy atom. The average molecular weight is 289 g/mol. The van der Waals surface area contributed by atoms with Crippen LogP contribution in [-0.2, 0) is 4.79 Å². The number of carbonyl (C=O) groups is 1. The SMILES string of the molecule is CC(C)NC(=O)CSc1ccc(Br)cn1. The van der Waals surface area contributed by atoms with Crippen molar-refractivity contribution in [2.75, 3.05) is 5.75 Å². The van der Waals surface area contributed by atoms with E-state index in [4.69, 9.17) is 0 Å². The molecule has 1 amide bonds. The second-order valence-electron chi connectivity index (χ2n) is 3.33. The first-order valence-electron chi connectivity index (χ1n) is 4.61. The molecule has 0 aromatic carbocycles. The molecule has 82 valence electrons. The fourth-order valence-corrected chi connectivity index (χ4v) is 1.84. The van der Waals surface area contributed by atoms with Crippen LogP contribution in [0, 0.1) is 0 Å². The number of hydrogen-bond acceptors (Lipinski definition) is 3. The molecule has 0 saturated carbocycles. The first-order valence-corrected chi connectivity index (χ1v) is 6.39. The molecule has 0 unspecified atom stereocenters. The van der Waals surface area contributed by atoms with Crippen molar-refractivity contribution < 1.29 is 4.79 Å². The molecule has 1 aromatic rings. The van der Waals surface area contributed by atoms with Gasteiger partial charge in [-0.15, -0.1) is 0 Å². The van der Waals surface area contributed by atoms with Crippen LogP contribution in [0.4, 0.5) is 0 Å². The first kappa shape index (κ1) is 12.5. The van der Waals surface area contributed by atoms with Crippen molar-refractivity contribution in [3.05, 3.63) is 22.8 Å². The van der Waals surface area contributed by atoms with Gasteiger partial charge in [-0.3, -0.25) is 4.79 Å². The third kappa shape index (κ3) is 5.18. The second-order valence-corrected chi connectivity index (χ2v) is 5.24. The molecule has 0 saturated heterocycles. The van der Waals surface area contributed by atoms with Gasteiger partial charge in [-0.1, -0.05) is 11.8 Å². The fourth-order valence-electron chi connectivity index (χ4n) is 0.951. The molecule has 0 spiro atoms. The van der Waals surface area contributed by atoms with Crippen molar-refractivity contribution in [2.45, 2.75) is 24.9 Å². The molecule has 1 rings (SSSR count). The molecular formula is C10H13BrN2OS. The molecule has 5 heteroatoms. The van der Waals surface area contributed by atoms with Gasteiger partial charge in [0.05, 0.1) is 10.8 Å². The number of aromatic nitrogens is 1. The minimum Gasteiger partial charge on any atom is -0.353 e. The van der Waals surface area contributed by atoms with E-state index in [1.807, 2.05) is 26.0 Å². The molecule has 0 radical (unpaired) electrons. The zero-order valence-electron chi connectivity index (χ0n) is 8.66. The van der Waals surface area contributed by atoms with Gasteiger partial charge in [-0.05, 0) is 41.9 Å². The molecule has 15 heavy (non-hydrogen) atoms. The predicted octanol–water partition coefficient (Wildman–Crippen LogP) is 2.46. The van der Waals surface area contributed by atoms with E-state index in [0.717, 1.165) is 9.50 Å². The van der Waals surface area contributed by atoms with Crippen LogP contribution in [0.15, 0.2) is 27.8 Å². The van der Waals surface area contributed by atoms with Crippen molar-refractivity contribution >= 4 is 33.6 Å². The van der Waals surface area contributed by atoms with E-state index in [9.17, 15) is 4.79 Å². The van der Waals surface area contributed by atoms with E-state index in [0.29, 0.717) is 5.75 Å². The lowest BCUT2D eigenvalue weighted by Crippen LogP contribution is -2.31. The Labute approximate surface area is 102 Å². The van der Waals surface area contributed by atoms with Gasteiger partial charge in [-0.25, -0.2) is 4.98 Å². The van der Waals surface area contributed by atoms with Crippen LogP contribution in [0.2, 0.25) is 0 Å². The van der Waals surface area contributed by atoms with Gasteiger partial charge in [0.2, 0.25) is 5.91 Å². The maximum Gasteiger partial charge on any atom is 0.230 e. The van der Waals surface area contributed by atoms with Gasteiger partial charge < -0.3 is 5.32 Å². The van der Waals surface area contributed by atoms with Crippen LogP contribution in [0.25, 0.3) is 0 Å². The normalized spacial score (nSPS) is 10.4. The number of rotatable bonds is 4. The fraction of sp³-hybridized carbons (Fsp3) is 0.400. The van der Waals surface area contributed by atoms with Crippen LogP contribution in [0.1, 0.15) is 13.8 Å². The predicted molar refractivity (Wildman–Crippen MR) is 65.9 cm³/mol. The number of hydrogen-bond donors (Lipinski definition) is 1.